The Morgan fingerprint density at radius 1 is 1.08 bits per heavy atom. The first-order valence-corrected chi connectivity index (χ1v) is 8.91. The zero-order valence-electron chi connectivity index (χ0n) is 15.7. The normalized spacial score (nSPS) is 14.4. The number of benzene rings is 1. The van der Waals surface area contributed by atoms with Crippen molar-refractivity contribution in [3.8, 4) is 5.75 Å². The molecule has 2 rings (SSSR count). The number of carbonyl (C=O) groups is 2. The third kappa shape index (κ3) is 4.87. The highest BCUT2D eigenvalue weighted by atomic mass is 16.5. The summed E-state index contributed by atoms with van der Waals surface area (Å²) in [6, 6.07) is 3.97. The zero-order chi connectivity index (χ0) is 18.4. The Labute approximate surface area is 150 Å². The average molecular weight is 347 g/mol. The van der Waals surface area contributed by atoms with Crippen LogP contribution < -0.4 is 10.1 Å². The number of piperazine rings is 1. The second-order valence-electron chi connectivity index (χ2n) is 6.52. The molecule has 3 amide bonds. The van der Waals surface area contributed by atoms with Crippen LogP contribution in [-0.2, 0) is 11.2 Å². The molecule has 0 bridgehead atoms. The van der Waals surface area contributed by atoms with Crippen LogP contribution in [-0.4, -0.2) is 61.6 Å². The Bertz CT molecular complexity index is 623. The van der Waals surface area contributed by atoms with Crippen molar-refractivity contribution in [2.75, 3.05) is 39.8 Å². The van der Waals surface area contributed by atoms with Crippen LogP contribution in [0.5, 0.6) is 5.75 Å². The first-order valence-electron chi connectivity index (χ1n) is 8.91. The van der Waals surface area contributed by atoms with Gasteiger partial charge in [-0.05, 0) is 37.5 Å². The van der Waals surface area contributed by atoms with Crippen molar-refractivity contribution in [1.29, 1.82) is 0 Å². The molecule has 1 N–H and O–H groups in total. The van der Waals surface area contributed by atoms with E-state index in [1.807, 2.05) is 37.8 Å². The molecule has 1 heterocycles. The van der Waals surface area contributed by atoms with E-state index in [0.717, 1.165) is 28.9 Å². The van der Waals surface area contributed by atoms with Gasteiger partial charge in [0.1, 0.15) is 5.75 Å². The number of urea groups is 1. The molecule has 6 heteroatoms. The van der Waals surface area contributed by atoms with E-state index in [0.29, 0.717) is 39.1 Å². The highest BCUT2D eigenvalue weighted by Crippen LogP contribution is 2.24. The number of nitrogens with zero attached hydrogens (tertiary/aromatic N) is 2. The maximum atomic E-state index is 12.6. The molecular formula is C19H29N3O3. The number of aryl methyl sites for hydroxylation is 2. The van der Waals surface area contributed by atoms with Gasteiger partial charge in [-0.2, -0.15) is 0 Å². The van der Waals surface area contributed by atoms with Crippen molar-refractivity contribution in [2.45, 2.75) is 33.6 Å². The van der Waals surface area contributed by atoms with Crippen LogP contribution >= 0.6 is 0 Å². The number of rotatable bonds is 5. The maximum absolute atomic E-state index is 12.6. The van der Waals surface area contributed by atoms with Crippen molar-refractivity contribution >= 4 is 11.9 Å². The van der Waals surface area contributed by atoms with E-state index in [-0.39, 0.29) is 11.9 Å². The van der Waals surface area contributed by atoms with E-state index in [9.17, 15) is 9.59 Å². The molecular weight excluding hydrogens is 318 g/mol. The molecule has 1 saturated heterocycles. The fraction of sp³-hybridized carbons (Fsp3) is 0.579. The van der Waals surface area contributed by atoms with Crippen molar-refractivity contribution in [3.05, 3.63) is 28.8 Å². The summed E-state index contributed by atoms with van der Waals surface area (Å²) in [5.74, 6) is 0.837. The minimum absolute atomic E-state index is 0.0372. The number of methoxy groups -OCH3 is 1. The summed E-state index contributed by atoms with van der Waals surface area (Å²) in [4.78, 5) is 28.2. The van der Waals surface area contributed by atoms with Crippen LogP contribution in [0.1, 0.15) is 30.0 Å². The van der Waals surface area contributed by atoms with Crippen LogP contribution in [0.4, 0.5) is 4.79 Å². The highest BCUT2D eigenvalue weighted by Gasteiger charge is 2.24. The average Bonchev–Trinajstić information content (AvgIpc) is 2.62. The number of hydrogen-bond donors (Lipinski definition) is 1. The van der Waals surface area contributed by atoms with Gasteiger partial charge in [0.05, 0.1) is 13.5 Å². The molecule has 0 saturated carbocycles. The van der Waals surface area contributed by atoms with Crippen molar-refractivity contribution in [2.24, 2.45) is 0 Å². The molecule has 1 aliphatic rings. The van der Waals surface area contributed by atoms with E-state index in [1.165, 1.54) is 0 Å². The van der Waals surface area contributed by atoms with Gasteiger partial charge in [0.25, 0.3) is 0 Å². The van der Waals surface area contributed by atoms with Gasteiger partial charge < -0.3 is 19.9 Å². The number of hydrogen-bond acceptors (Lipinski definition) is 3. The predicted octanol–water partition coefficient (Wildman–Crippen LogP) is 2.12. The van der Waals surface area contributed by atoms with Crippen molar-refractivity contribution in [3.63, 3.8) is 0 Å². The van der Waals surface area contributed by atoms with E-state index >= 15 is 0 Å². The zero-order valence-corrected chi connectivity index (χ0v) is 15.7. The summed E-state index contributed by atoms with van der Waals surface area (Å²) in [5.41, 5.74) is 3.22. The second-order valence-corrected chi connectivity index (χ2v) is 6.52. The fourth-order valence-electron chi connectivity index (χ4n) is 2.96. The molecule has 138 valence electrons. The van der Waals surface area contributed by atoms with E-state index in [1.54, 1.807) is 12.0 Å². The van der Waals surface area contributed by atoms with Gasteiger partial charge in [-0.25, -0.2) is 4.79 Å². The Morgan fingerprint density at radius 3 is 2.28 bits per heavy atom. The van der Waals surface area contributed by atoms with Gasteiger partial charge in [-0.1, -0.05) is 13.0 Å². The number of nitrogens with one attached hydrogen (secondary N) is 1. The summed E-state index contributed by atoms with van der Waals surface area (Å²) in [5, 5.41) is 2.88. The standard InChI is InChI=1S/C19H29N3O3/c1-5-6-20-19(24)22-9-7-21(8-10-22)18(23)13-16-11-14(2)15(3)12-17(16)25-4/h11-12H,5-10,13H2,1-4H3,(H,20,24). The summed E-state index contributed by atoms with van der Waals surface area (Å²) >= 11 is 0. The van der Waals surface area contributed by atoms with E-state index in [2.05, 4.69) is 5.32 Å². The maximum Gasteiger partial charge on any atom is 0.317 e. The molecule has 0 unspecified atom stereocenters. The Hall–Kier alpha value is -2.24. The summed E-state index contributed by atoms with van der Waals surface area (Å²) in [7, 11) is 1.63. The van der Waals surface area contributed by atoms with E-state index in [4.69, 9.17) is 4.74 Å². The Kier molecular flexibility index (Phi) is 6.67. The lowest BCUT2D eigenvalue weighted by atomic mass is 10.0. The predicted molar refractivity (Wildman–Crippen MR) is 98.0 cm³/mol. The van der Waals surface area contributed by atoms with Crippen LogP contribution in [0.15, 0.2) is 12.1 Å². The number of amides is 3. The number of ether oxygens (including phenoxy) is 1. The summed E-state index contributed by atoms with van der Waals surface area (Å²) in [6.45, 7) is 9.08. The van der Waals surface area contributed by atoms with Gasteiger partial charge in [-0.15, -0.1) is 0 Å². The minimum atomic E-state index is -0.0372. The third-order valence-corrected chi connectivity index (χ3v) is 4.68. The van der Waals surface area contributed by atoms with Crippen LogP contribution in [0.3, 0.4) is 0 Å². The molecule has 0 atom stereocenters. The van der Waals surface area contributed by atoms with Gasteiger partial charge in [0, 0.05) is 38.3 Å². The lowest BCUT2D eigenvalue weighted by molar-refractivity contribution is -0.131. The molecule has 25 heavy (non-hydrogen) atoms. The number of carbonyl (C=O) groups excluding carboxylic acids is 2. The molecule has 1 aromatic rings. The SMILES string of the molecule is CCCNC(=O)N1CCN(C(=O)Cc2cc(C)c(C)cc2OC)CC1. The monoisotopic (exact) mass is 347 g/mol. The van der Waals surface area contributed by atoms with Crippen molar-refractivity contribution < 1.29 is 14.3 Å². The van der Waals surface area contributed by atoms with Crippen LogP contribution in [0.2, 0.25) is 0 Å². The lowest BCUT2D eigenvalue weighted by Crippen LogP contribution is -2.53. The molecule has 0 aromatic heterocycles. The van der Waals surface area contributed by atoms with Gasteiger partial charge >= 0.3 is 6.03 Å². The summed E-state index contributed by atoms with van der Waals surface area (Å²) < 4.78 is 5.42. The molecule has 6 nitrogen and oxygen atoms in total. The van der Waals surface area contributed by atoms with Crippen molar-refractivity contribution in [1.82, 2.24) is 15.1 Å². The first kappa shape index (κ1) is 19.1. The molecule has 1 aliphatic heterocycles. The molecule has 0 aliphatic carbocycles. The summed E-state index contributed by atoms with van der Waals surface area (Å²) in [6.07, 6.45) is 1.24. The third-order valence-electron chi connectivity index (χ3n) is 4.68. The van der Waals surface area contributed by atoms with Crippen LogP contribution in [0, 0.1) is 13.8 Å². The Morgan fingerprint density at radius 2 is 1.68 bits per heavy atom. The van der Waals surface area contributed by atoms with Crippen LogP contribution in [0.25, 0.3) is 0 Å². The Balaban J connectivity index is 1.93. The highest BCUT2D eigenvalue weighted by molar-refractivity contribution is 5.80. The lowest BCUT2D eigenvalue weighted by Gasteiger charge is -2.35. The van der Waals surface area contributed by atoms with Gasteiger partial charge in [-0.3, -0.25) is 4.79 Å². The fourth-order valence-corrected chi connectivity index (χ4v) is 2.96. The second kappa shape index (κ2) is 8.74. The van der Waals surface area contributed by atoms with Gasteiger partial charge in [0.2, 0.25) is 5.91 Å². The molecule has 1 aromatic carbocycles. The van der Waals surface area contributed by atoms with Gasteiger partial charge in [0.15, 0.2) is 0 Å². The quantitative estimate of drug-likeness (QED) is 0.887. The largest absolute Gasteiger partial charge is 0.496 e. The topological polar surface area (TPSA) is 61.9 Å². The molecule has 0 spiro atoms. The first-order chi connectivity index (χ1) is 12.0. The smallest absolute Gasteiger partial charge is 0.317 e. The molecule has 1 fully saturated rings. The molecule has 0 radical (unpaired) electrons. The van der Waals surface area contributed by atoms with E-state index < -0.39 is 0 Å². The minimum Gasteiger partial charge on any atom is -0.496 e.